The van der Waals surface area contributed by atoms with Gasteiger partial charge in [0.15, 0.2) is 5.84 Å². The SMILES string of the molecule is CCCC(CCC)(C(=O)NCCC(F)(F)F)C(N)=NO. The van der Waals surface area contributed by atoms with Gasteiger partial charge >= 0.3 is 6.18 Å². The number of hydrogen-bond acceptors (Lipinski definition) is 3. The Morgan fingerprint density at radius 3 is 2.05 bits per heavy atom. The van der Waals surface area contributed by atoms with E-state index in [0.717, 1.165) is 0 Å². The quantitative estimate of drug-likeness (QED) is 0.278. The molecular formula is C12H22F3N3O2. The standard InChI is InChI=1S/C12H22F3N3O2/c1-3-5-11(6-4-2,9(16)18-20)10(19)17-8-7-12(13,14)15/h20H,3-8H2,1-2H3,(H2,16,18)(H,17,19). The lowest BCUT2D eigenvalue weighted by atomic mass is 9.77. The minimum atomic E-state index is -4.33. The molecule has 0 spiro atoms. The molecule has 0 heterocycles. The maximum Gasteiger partial charge on any atom is 0.390 e. The Balaban J connectivity index is 4.96. The van der Waals surface area contributed by atoms with Crippen molar-refractivity contribution in [3.63, 3.8) is 0 Å². The van der Waals surface area contributed by atoms with Crippen molar-refractivity contribution in [2.45, 2.75) is 52.1 Å². The number of oxime groups is 1. The van der Waals surface area contributed by atoms with E-state index in [-0.39, 0.29) is 5.84 Å². The lowest BCUT2D eigenvalue weighted by Gasteiger charge is -2.30. The molecule has 0 aliphatic rings. The highest BCUT2D eigenvalue weighted by atomic mass is 19.4. The topological polar surface area (TPSA) is 87.7 Å². The maximum absolute atomic E-state index is 12.2. The second-order valence-corrected chi connectivity index (χ2v) is 4.69. The second kappa shape index (κ2) is 7.96. The van der Waals surface area contributed by atoms with E-state index in [1.807, 2.05) is 13.8 Å². The minimum absolute atomic E-state index is 0.259. The molecule has 0 fully saturated rings. The molecule has 0 bridgehead atoms. The van der Waals surface area contributed by atoms with Crippen molar-refractivity contribution in [1.82, 2.24) is 5.32 Å². The zero-order valence-electron chi connectivity index (χ0n) is 11.8. The number of alkyl halides is 3. The van der Waals surface area contributed by atoms with E-state index >= 15 is 0 Å². The molecular weight excluding hydrogens is 275 g/mol. The molecule has 0 unspecified atom stereocenters. The van der Waals surface area contributed by atoms with Crippen LogP contribution in [0.15, 0.2) is 5.16 Å². The molecule has 4 N–H and O–H groups in total. The lowest BCUT2D eigenvalue weighted by Crippen LogP contribution is -2.50. The van der Waals surface area contributed by atoms with Gasteiger partial charge in [-0.05, 0) is 12.8 Å². The van der Waals surface area contributed by atoms with E-state index in [1.54, 1.807) is 0 Å². The highest BCUT2D eigenvalue weighted by Crippen LogP contribution is 2.31. The summed E-state index contributed by atoms with van der Waals surface area (Å²) < 4.78 is 36.3. The van der Waals surface area contributed by atoms with Crippen LogP contribution < -0.4 is 11.1 Å². The van der Waals surface area contributed by atoms with Gasteiger partial charge in [-0.15, -0.1) is 0 Å². The molecule has 0 aliphatic carbocycles. The molecule has 0 aromatic heterocycles. The number of halogens is 3. The van der Waals surface area contributed by atoms with Gasteiger partial charge in [-0.2, -0.15) is 13.2 Å². The Morgan fingerprint density at radius 2 is 1.70 bits per heavy atom. The number of carbonyl (C=O) groups excluding carboxylic acids is 1. The fourth-order valence-electron chi connectivity index (χ4n) is 2.16. The summed E-state index contributed by atoms with van der Waals surface area (Å²) in [6, 6.07) is 0. The van der Waals surface area contributed by atoms with E-state index < -0.39 is 30.5 Å². The van der Waals surface area contributed by atoms with Crippen molar-refractivity contribution in [3.05, 3.63) is 0 Å². The molecule has 118 valence electrons. The van der Waals surface area contributed by atoms with E-state index in [9.17, 15) is 18.0 Å². The Kier molecular flexibility index (Phi) is 7.38. The Morgan fingerprint density at radius 1 is 1.20 bits per heavy atom. The molecule has 0 aliphatic heterocycles. The summed E-state index contributed by atoms with van der Waals surface area (Å²) in [6.45, 7) is 3.12. The Labute approximate surface area is 116 Å². The first-order chi connectivity index (χ1) is 9.23. The molecule has 5 nitrogen and oxygen atoms in total. The third-order valence-corrected chi connectivity index (χ3v) is 3.08. The van der Waals surface area contributed by atoms with Gasteiger partial charge in [0.2, 0.25) is 5.91 Å². The van der Waals surface area contributed by atoms with E-state index in [2.05, 4.69) is 10.5 Å². The average molecular weight is 297 g/mol. The number of nitrogens with zero attached hydrogens (tertiary/aromatic N) is 1. The third kappa shape index (κ3) is 5.26. The zero-order valence-corrected chi connectivity index (χ0v) is 11.8. The van der Waals surface area contributed by atoms with Crippen LogP contribution in [0.1, 0.15) is 46.0 Å². The van der Waals surface area contributed by atoms with Crippen LogP contribution in [0.4, 0.5) is 13.2 Å². The number of carbonyl (C=O) groups is 1. The predicted molar refractivity (Wildman–Crippen MR) is 69.3 cm³/mol. The summed E-state index contributed by atoms with van der Waals surface area (Å²) in [4.78, 5) is 12.2. The summed E-state index contributed by atoms with van der Waals surface area (Å²) in [5, 5.41) is 14.0. The molecule has 8 heteroatoms. The van der Waals surface area contributed by atoms with Crippen LogP contribution in [0.25, 0.3) is 0 Å². The van der Waals surface area contributed by atoms with Gasteiger partial charge < -0.3 is 16.3 Å². The van der Waals surface area contributed by atoms with E-state index in [1.165, 1.54) is 0 Å². The summed E-state index contributed by atoms with van der Waals surface area (Å²) >= 11 is 0. The fraction of sp³-hybridized carbons (Fsp3) is 0.833. The van der Waals surface area contributed by atoms with Crippen molar-refractivity contribution < 1.29 is 23.2 Å². The number of amides is 1. The van der Waals surface area contributed by atoms with Crippen LogP contribution in [0.2, 0.25) is 0 Å². The van der Waals surface area contributed by atoms with Gasteiger partial charge in [0.25, 0.3) is 0 Å². The van der Waals surface area contributed by atoms with Crippen molar-refractivity contribution in [2.75, 3.05) is 6.54 Å². The highest BCUT2D eigenvalue weighted by Gasteiger charge is 2.41. The largest absolute Gasteiger partial charge is 0.409 e. The molecule has 0 radical (unpaired) electrons. The molecule has 0 saturated carbocycles. The smallest absolute Gasteiger partial charge is 0.390 e. The van der Waals surface area contributed by atoms with Crippen LogP contribution in [-0.4, -0.2) is 29.7 Å². The van der Waals surface area contributed by atoms with Crippen molar-refractivity contribution in [3.8, 4) is 0 Å². The van der Waals surface area contributed by atoms with Gasteiger partial charge in [0, 0.05) is 6.54 Å². The zero-order chi connectivity index (χ0) is 15.8. The van der Waals surface area contributed by atoms with Crippen LogP contribution in [0.3, 0.4) is 0 Å². The second-order valence-electron chi connectivity index (χ2n) is 4.69. The van der Waals surface area contributed by atoms with Crippen molar-refractivity contribution in [2.24, 2.45) is 16.3 Å². The Bertz CT molecular complexity index is 337. The van der Waals surface area contributed by atoms with Gasteiger partial charge in [0.05, 0.1) is 6.42 Å². The monoisotopic (exact) mass is 297 g/mol. The molecule has 0 aromatic rings. The predicted octanol–water partition coefficient (Wildman–Crippen LogP) is 2.39. The third-order valence-electron chi connectivity index (χ3n) is 3.08. The van der Waals surface area contributed by atoms with Crippen LogP contribution in [0.5, 0.6) is 0 Å². The molecule has 1 amide bonds. The van der Waals surface area contributed by atoms with Gasteiger partial charge in [-0.3, -0.25) is 4.79 Å². The number of amidine groups is 1. The van der Waals surface area contributed by atoms with E-state index in [4.69, 9.17) is 10.9 Å². The molecule has 0 saturated heterocycles. The number of nitrogens with two attached hydrogens (primary N) is 1. The first-order valence-corrected chi connectivity index (χ1v) is 6.56. The molecule has 0 atom stereocenters. The Hall–Kier alpha value is -1.47. The van der Waals surface area contributed by atoms with Crippen molar-refractivity contribution in [1.29, 1.82) is 0 Å². The first kappa shape index (κ1) is 18.5. The minimum Gasteiger partial charge on any atom is -0.409 e. The first-order valence-electron chi connectivity index (χ1n) is 6.56. The van der Waals surface area contributed by atoms with Gasteiger partial charge in [-0.25, -0.2) is 0 Å². The van der Waals surface area contributed by atoms with Gasteiger partial charge in [-0.1, -0.05) is 31.8 Å². The number of nitrogens with one attached hydrogen (secondary N) is 1. The summed E-state index contributed by atoms with van der Waals surface area (Å²) in [5.74, 6) is -0.883. The molecule has 0 rings (SSSR count). The number of hydrogen-bond donors (Lipinski definition) is 3. The summed E-state index contributed by atoms with van der Waals surface area (Å²) in [5.41, 5.74) is 4.35. The molecule has 0 aromatic carbocycles. The normalized spacial score (nSPS) is 13.3. The lowest BCUT2D eigenvalue weighted by molar-refractivity contribution is -0.137. The van der Waals surface area contributed by atoms with Crippen LogP contribution in [0, 0.1) is 5.41 Å². The summed E-state index contributed by atoms with van der Waals surface area (Å²) in [7, 11) is 0. The maximum atomic E-state index is 12.2. The van der Waals surface area contributed by atoms with Crippen LogP contribution >= 0.6 is 0 Å². The van der Waals surface area contributed by atoms with Crippen molar-refractivity contribution >= 4 is 11.7 Å². The highest BCUT2D eigenvalue weighted by molar-refractivity contribution is 6.06. The van der Waals surface area contributed by atoms with Crippen LogP contribution in [-0.2, 0) is 4.79 Å². The van der Waals surface area contributed by atoms with E-state index in [0.29, 0.717) is 25.7 Å². The molecule has 20 heavy (non-hydrogen) atoms. The van der Waals surface area contributed by atoms with Gasteiger partial charge in [0.1, 0.15) is 5.41 Å². The number of rotatable bonds is 8. The fourth-order valence-corrected chi connectivity index (χ4v) is 2.16. The average Bonchev–Trinajstić information content (AvgIpc) is 2.35. The summed E-state index contributed by atoms with van der Waals surface area (Å²) in [6.07, 6.45) is -3.64.